The third-order valence-electron chi connectivity index (χ3n) is 3.95. The van der Waals surface area contributed by atoms with Gasteiger partial charge in [-0.25, -0.2) is 0 Å². The zero-order valence-electron chi connectivity index (χ0n) is 12.6. The normalized spacial score (nSPS) is 24.9. The van der Waals surface area contributed by atoms with Crippen LogP contribution in [0.5, 0.6) is 0 Å². The van der Waals surface area contributed by atoms with Crippen molar-refractivity contribution < 1.29 is 0 Å². The molecule has 0 bridgehead atoms. The Morgan fingerprint density at radius 2 is 1.94 bits per heavy atom. The first-order chi connectivity index (χ1) is 7.98. The van der Waals surface area contributed by atoms with Crippen molar-refractivity contribution in [1.29, 1.82) is 0 Å². The van der Waals surface area contributed by atoms with Crippen LogP contribution in [0.2, 0.25) is 0 Å². The summed E-state index contributed by atoms with van der Waals surface area (Å²) >= 11 is 0. The lowest BCUT2D eigenvalue weighted by molar-refractivity contribution is 0.0845. The third kappa shape index (κ3) is 4.97. The second-order valence-corrected chi connectivity index (χ2v) is 6.49. The van der Waals surface area contributed by atoms with Crippen molar-refractivity contribution in [1.82, 2.24) is 10.2 Å². The molecular weight excluding hydrogens is 208 g/mol. The SMILES string of the molecule is CCC1CCCCN1C(CC)CNC(C)(C)C. The number of hydrogen-bond acceptors (Lipinski definition) is 2. The molecule has 0 saturated carbocycles. The van der Waals surface area contributed by atoms with Gasteiger partial charge in [-0.15, -0.1) is 0 Å². The van der Waals surface area contributed by atoms with Crippen LogP contribution in [0.25, 0.3) is 0 Å². The van der Waals surface area contributed by atoms with E-state index in [0.29, 0.717) is 0 Å². The molecule has 1 fully saturated rings. The van der Waals surface area contributed by atoms with E-state index in [2.05, 4.69) is 44.8 Å². The fourth-order valence-corrected chi connectivity index (χ4v) is 2.86. The summed E-state index contributed by atoms with van der Waals surface area (Å²) in [4.78, 5) is 2.77. The van der Waals surface area contributed by atoms with E-state index in [1.807, 2.05) is 0 Å². The van der Waals surface area contributed by atoms with Crippen LogP contribution in [0.1, 0.15) is 66.7 Å². The molecule has 1 N–H and O–H groups in total. The van der Waals surface area contributed by atoms with Crippen molar-refractivity contribution in [2.45, 2.75) is 84.3 Å². The number of rotatable bonds is 5. The second kappa shape index (κ2) is 6.75. The van der Waals surface area contributed by atoms with E-state index in [-0.39, 0.29) is 5.54 Å². The molecule has 2 heteroatoms. The monoisotopic (exact) mass is 240 g/mol. The molecule has 1 heterocycles. The summed E-state index contributed by atoms with van der Waals surface area (Å²) in [5.41, 5.74) is 0.241. The Morgan fingerprint density at radius 1 is 1.24 bits per heavy atom. The maximum atomic E-state index is 3.67. The first kappa shape index (κ1) is 15.0. The van der Waals surface area contributed by atoms with Crippen LogP contribution in [0.15, 0.2) is 0 Å². The molecule has 1 aliphatic rings. The van der Waals surface area contributed by atoms with Crippen molar-refractivity contribution in [2.24, 2.45) is 0 Å². The highest BCUT2D eigenvalue weighted by molar-refractivity contribution is 4.84. The first-order valence-electron chi connectivity index (χ1n) is 7.48. The van der Waals surface area contributed by atoms with Gasteiger partial charge in [0.2, 0.25) is 0 Å². The lowest BCUT2D eigenvalue weighted by Gasteiger charge is -2.41. The lowest BCUT2D eigenvalue weighted by atomic mass is 9.96. The second-order valence-electron chi connectivity index (χ2n) is 6.49. The van der Waals surface area contributed by atoms with Gasteiger partial charge in [0.25, 0.3) is 0 Å². The molecule has 0 amide bonds. The number of piperidine rings is 1. The van der Waals surface area contributed by atoms with Gasteiger partial charge in [-0.2, -0.15) is 0 Å². The molecule has 1 aliphatic heterocycles. The lowest BCUT2D eigenvalue weighted by Crippen LogP contribution is -2.52. The summed E-state index contributed by atoms with van der Waals surface area (Å²) in [6, 6.07) is 1.55. The molecule has 0 aliphatic carbocycles. The van der Waals surface area contributed by atoms with Gasteiger partial charge in [0.15, 0.2) is 0 Å². The van der Waals surface area contributed by atoms with Gasteiger partial charge in [0.05, 0.1) is 0 Å². The van der Waals surface area contributed by atoms with Gasteiger partial charge in [-0.3, -0.25) is 4.90 Å². The van der Waals surface area contributed by atoms with E-state index < -0.39 is 0 Å². The zero-order valence-corrected chi connectivity index (χ0v) is 12.6. The summed E-state index contributed by atoms with van der Waals surface area (Å²) in [7, 11) is 0. The van der Waals surface area contributed by atoms with Crippen LogP contribution in [0.3, 0.4) is 0 Å². The highest BCUT2D eigenvalue weighted by Crippen LogP contribution is 2.23. The molecule has 2 unspecified atom stereocenters. The Bertz CT molecular complexity index is 207. The molecule has 2 atom stereocenters. The molecule has 0 aromatic heterocycles. The maximum absolute atomic E-state index is 3.67. The van der Waals surface area contributed by atoms with Gasteiger partial charge in [0.1, 0.15) is 0 Å². The molecule has 1 rings (SSSR count). The van der Waals surface area contributed by atoms with Crippen LogP contribution in [0.4, 0.5) is 0 Å². The summed E-state index contributed by atoms with van der Waals surface area (Å²) < 4.78 is 0. The van der Waals surface area contributed by atoms with E-state index in [1.165, 1.54) is 38.6 Å². The predicted octanol–water partition coefficient (Wildman–Crippen LogP) is 3.42. The van der Waals surface area contributed by atoms with Crippen molar-refractivity contribution in [3.63, 3.8) is 0 Å². The molecule has 0 aromatic rings. The zero-order chi connectivity index (χ0) is 12.9. The van der Waals surface area contributed by atoms with Gasteiger partial charge in [-0.1, -0.05) is 20.3 Å². The highest BCUT2D eigenvalue weighted by Gasteiger charge is 2.27. The van der Waals surface area contributed by atoms with E-state index in [4.69, 9.17) is 0 Å². The molecule has 102 valence electrons. The molecule has 0 spiro atoms. The summed E-state index contributed by atoms with van der Waals surface area (Å²) in [6.07, 6.45) is 6.80. The Balaban J connectivity index is 2.52. The summed E-state index contributed by atoms with van der Waals surface area (Å²) in [5.74, 6) is 0. The Labute approximate surface area is 108 Å². The van der Waals surface area contributed by atoms with Gasteiger partial charge in [0, 0.05) is 24.2 Å². The van der Waals surface area contributed by atoms with Crippen LogP contribution in [0, 0.1) is 0 Å². The van der Waals surface area contributed by atoms with Crippen LogP contribution < -0.4 is 5.32 Å². The largest absolute Gasteiger partial charge is 0.311 e. The van der Waals surface area contributed by atoms with E-state index in [0.717, 1.165) is 18.6 Å². The number of likely N-dealkylation sites (tertiary alicyclic amines) is 1. The van der Waals surface area contributed by atoms with E-state index in [9.17, 15) is 0 Å². The first-order valence-corrected chi connectivity index (χ1v) is 7.48. The fourth-order valence-electron chi connectivity index (χ4n) is 2.86. The number of nitrogens with one attached hydrogen (secondary N) is 1. The van der Waals surface area contributed by atoms with Crippen molar-refractivity contribution in [3.8, 4) is 0 Å². The van der Waals surface area contributed by atoms with Crippen molar-refractivity contribution in [3.05, 3.63) is 0 Å². The predicted molar refractivity (Wildman–Crippen MR) is 76.5 cm³/mol. The summed E-state index contributed by atoms with van der Waals surface area (Å²) in [5, 5.41) is 3.67. The molecule has 1 saturated heterocycles. The summed E-state index contributed by atoms with van der Waals surface area (Å²) in [6.45, 7) is 13.9. The van der Waals surface area contributed by atoms with E-state index in [1.54, 1.807) is 0 Å². The molecular formula is C15H32N2. The molecule has 0 radical (unpaired) electrons. The fraction of sp³-hybridized carbons (Fsp3) is 1.00. The smallest absolute Gasteiger partial charge is 0.0221 e. The maximum Gasteiger partial charge on any atom is 0.0221 e. The Morgan fingerprint density at radius 3 is 2.47 bits per heavy atom. The average Bonchev–Trinajstić information content (AvgIpc) is 2.29. The minimum atomic E-state index is 0.241. The molecule has 2 nitrogen and oxygen atoms in total. The molecule has 17 heavy (non-hydrogen) atoms. The van der Waals surface area contributed by atoms with E-state index >= 15 is 0 Å². The van der Waals surface area contributed by atoms with Crippen molar-refractivity contribution >= 4 is 0 Å². The Kier molecular flexibility index (Phi) is 5.94. The minimum absolute atomic E-state index is 0.241. The number of nitrogens with zero attached hydrogens (tertiary/aromatic N) is 1. The van der Waals surface area contributed by atoms with Crippen LogP contribution >= 0.6 is 0 Å². The van der Waals surface area contributed by atoms with Gasteiger partial charge >= 0.3 is 0 Å². The van der Waals surface area contributed by atoms with Gasteiger partial charge < -0.3 is 5.32 Å². The quantitative estimate of drug-likeness (QED) is 0.792. The third-order valence-corrected chi connectivity index (χ3v) is 3.95. The minimum Gasteiger partial charge on any atom is -0.311 e. The van der Waals surface area contributed by atoms with Crippen LogP contribution in [-0.2, 0) is 0 Å². The Hall–Kier alpha value is -0.0800. The topological polar surface area (TPSA) is 15.3 Å². The van der Waals surface area contributed by atoms with Crippen LogP contribution in [-0.4, -0.2) is 35.6 Å². The highest BCUT2D eigenvalue weighted by atomic mass is 15.2. The standard InChI is InChI=1S/C15H32N2/c1-6-13-10-8-9-11-17(13)14(7-2)12-16-15(3,4)5/h13-14,16H,6-12H2,1-5H3. The molecule has 0 aromatic carbocycles. The van der Waals surface area contributed by atoms with Crippen molar-refractivity contribution in [2.75, 3.05) is 13.1 Å². The average molecular weight is 240 g/mol. The van der Waals surface area contributed by atoms with Gasteiger partial charge in [-0.05, 0) is 53.0 Å². The number of hydrogen-bond donors (Lipinski definition) is 1.